The van der Waals surface area contributed by atoms with Crippen LogP contribution in [-0.2, 0) is 13.2 Å². The number of nitrogens with one attached hydrogen (secondary N) is 1. The number of nitrogens with zero attached hydrogens (tertiary/aromatic N) is 4. The summed E-state index contributed by atoms with van der Waals surface area (Å²) in [5, 5.41) is 8.70. The first-order valence-corrected chi connectivity index (χ1v) is 11.1. The Morgan fingerprint density at radius 3 is 2.76 bits per heavy atom. The third kappa shape index (κ3) is 4.08. The number of para-hydroxylation sites is 1. The number of aromatic amines is 1. The predicted octanol–water partition coefficient (Wildman–Crippen LogP) is 4.98. The second kappa shape index (κ2) is 8.79. The highest BCUT2D eigenvalue weighted by Gasteiger charge is 2.16. The van der Waals surface area contributed by atoms with E-state index in [2.05, 4.69) is 15.2 Å². The van der Waals surface area contributed by atoms with Gasteiger partial charge in [-0.2, -0.15) is 9.84 Å². The van der Waals surface area contributed by atoms with Gasteiger partial charge in [0.1, 0.15) is 30.2 Å². The largest absolute Gasteiger partial charge is 0.486 e. The molecule has 172 valence electrons. The molecule has 0 unspecified atom stereocenters. The van der Waals surface area contributed by atoms with E-state index in [1.54, 1.807) is 25.4 Å². The van der Waals surface area contributed by atoms with Crippen molar-refractivity contribution >= 4 is 22.5 Å². The number of benzene rings is 1. The van der Waals surface area contributed by atoms with Crippen molar-refractivity contribution in [3.05, 3.63) is 92.4 Å². The summed E-state index contributed by atoms with van der Waals surface area (Å²) in [4.78, 5) is 21.3. The second-order valence-corrected chi connectivity index (χ2v) is 8.53. The Kier molecular flexibility index (Phi) is 5.67. The second-order valence-electron chi connectivity index (χ2n) is 8.12. The number of H-pyrrole nitrogens is 1. The SMILES string of the molecule is Cc1cc(-c2[nH]ncc2C)c2cccc(OCc3c(Cl)ccnc3Cn3oc(C)cc3=O)c2n1. The fourth-order valence-corrected chi connectivity index (χ4v) is 4.20. The molecule has 5 aromatic rings. The van der Waals surface area contributed by atoms with E-state index in [0.717, 1.165) is 33.4 Å². The zero-order valence-corrected chi connectivity index (χ0v) is 19.7. The predicted molar refractivity (Wildman–Crippen MR) is 129 cm³/mol. The molecule has 0 saturated carbocycles. The normalized spacial score (nSPS) is 11.3. The van der Waals surface area contributed by atoms with Crippen LogP contribution in [0.4, 0.5) is 0 Å². The topological polar surface area (TPSA) is 98.8 Å². The molecular weight excluding hydrogens is 454 g/mol. The van der Waals surface area contributed by atoms with E-state index in [1.165, 1.54) is 10.8 Å². The number of aryl methyl sites for hydroxylation is 3. The van der Waals surface area contributed by atoms with Crippen molar-refractivity contribution in [2.75, 3.05) is 0 Å². The van der Waals surface area contributed by atoms with Crippen LogP contribution >= 0.6 is 11.6 Å². The summed E-state index contributed by atoms with van der Waals surface area (Å²) in [5.74, 6) is 1.15. The van der Waals surface area contributed by atoms with Crippen molar-refractivity contribution in [1.82, 2.24) is 24.9 Å². The first kappa shape index (κ1) is 21.9. The molecule has 0 bridgehead atoms. The Balaban J connectivity index is 1.51. The van der Waals surface area contributed by atoms with Crippen molar-refractivity contribution in [2.24, 2.45) is 0 Å². The average Bonchev–Trinajstić information content (AvgIpc) is 3.36. The minimum atomic E-state index is -0.235. The summed E-state index contributed by atoms with van der Waals surface area (Å²) >= 11 is 6.50. The Labute approximate surface area is 200 Å². The highest BCUT2D eigenvalue weighted by Crippen LogP contribution is 2.34. The Morgan fingerprint density at radius 2 is 2.03 bits per heavy atom. The molecule has 0 aliphatic carbocycles. The lowest BCUT2D eigenvalue weighted by atomic mass is 10.0. The van der Waals surface area contributed by atoms with Gasteiger partial charge in [0, 0.05) is 34.5 Å². The van der Waals surface area contributed by atoms with E-state index in [1.807, 2.05) is 38.1 Å². The van der Waals surface area contributed by atoms with Gasteiger partial charge in [-0.15, -0.1) is 0 Å². The number of fused-ring (bicyclic) bond motifs is 1. The summed E-state index contributed by atoms with van der Waals surface area (Å²) < 4.78 is 12.9. The van der Waals surface area contributed by atoms with Gasteiger partial charge >= 0.3 is 0 Å². The molecule has 8 nitrogen and oxygen atoms in total. The zero-order valence-electron chi connectivity index (χ0n) is 18.9. The maximum atomic E-state index is 12.1. The molecule has 4 heterocycles. The van der Waals surface area contributed by atoms with Crippen molar-refractivity contribution in [3.8, 4) is 17.0 Å². The third-order valence-electron chi connectivity index (χ3n) is 5.61. The average molecular weight is 476 g/mol. The Bertz CT molecular complexity index is 1570. The van der Waals surface area contributed by atoms with Crippen LogP contribution in [-0.4, -0.2) is 24.9 Å². The van der Waals surface area contributed by atoms with Gasteiger partial charge in [-0.05, 0) is 44.5 Å². The highest BCUT2D eigenvalue weighted by atomic mass is 35.5. The molecule has 4 aromatic heterocycles. The van der Waals surface area contributed by atoms with Gasteiger partial charge < -0.3 is 9.26 Å². The molecule has 1 N–H and O–H groups in total. The van der Waals surface area contributed by atoms with Crippen molar-refractivity contribution in [1.29, 1.82) is 0 Å². The first-order valence-electron chi connectivity index (χ1n) is 10.7. The maximum Gasteiger partial charge on any atom is 0.283 e. The van der Waals surface area contributed by atoms with Crippen LogP contribution in [0.5, 0.6) is 5.75 Å². The number of hydrogen-bond donors (Lipinski definition) is 1. The zero-order chi connectivity index (χ0) is 23.8. The Hall–Kier alpha value is -3.91. The molecule has 0 spiro atoms. The monoisotopic (exact) mass is 475 g/mol. The van der Waals surface area contributed by atoms with Crippen LogP contribution in [0.1, 0.15) is 28.3 Å². The molecule has 5 rings (SSSR count). The minimum absolute atomic E-state index is 0.155. The van der Waals surface area contributed by atoms with Gasteiger partial charge in [-0.25, -0.2) is 4.98 Å². The van der Waals surface area contributed by atoms with Crippen LogP contribution in [0.2, 0.25) is 5.02 Å². The molecule has 0 fully saturated rings. The molecular formula is C25H22ClN5O3. The lowest BCUT2D eigenvalue weighted by molar-refractivity contribution is 0.258. The van der Waals surface area contributed by atoms with E-state index in [4.69, 9.17) is 25.8 Å². The van der Waals surface area contributed by atoms with E-state index in [-0.39, 0.29) is 18.7 Å². The van der Waals surface area contributed by atoms with Crippen LogP contribution in [0.25, 0.3) is 22.2 Å². The van der Waals surface area contributed by atoms with Gasteiger partial charge in [-0.3, -0.25) is 14.9 Å². The number of aromatic nitrogens is 5. The van der Waals surface area contributed by atoms with E-state index in [9.17, 15) is 4.79 Å². The quantitative estimate of drug-likeness (QED) is 0.372. The minimum Gasteiger partial charge on any atom is -0.486 e. The van der Waals surface area contributed by atoms with Crippen molar-refractivity contribution < 1.29 is 9.26 Å². The van der Waals surface area contributed by atoms with Crippen LogP contribution in [0, 0.1) is 20.8 Å². The lowest BCUT2D eigenvalue weighted by Crippen LogP contribution is -2.16. The lowest BCUT2D eigenvalue weighted by Gasteiger charge is -2.14. The molecule has 0 aliphatic rings. The molecule has 9 heteroatoms. The summed E-state index contributed by atoms with van der Waals surface area (Å²) in [5.41, 5.74) is 5.66. The van der Waals surface area contributed by atoms with Gasteiger partial charge in [0.25, 0.3) is 5.56 Å². The highest BCUT2D eigenvalue weighted by molar-refractivity contribution is 6.31. The Morgan fingerprint density at radius 1 is 1.18 bits per heavy atom. The summed E-state index contributed by atoms with van der Waals surface area (Å²) in [7, 11) is 0. The number of hydrogen-bond acceptors (Lipinski definition) is 6. The number of rotatable bonds is 6. The molecule has 0 amide bonds. The van der Waals surface area contributed by atoms with Gasteiger partial charge in [0.05, 0.1) is 22.6 Å². The van der Waals surface area contributed by atoms with Crippen LogP contribution in [0.15, 0.2) is 58.1 Å². The van der Waals surface area contributed by atoms with Gasteiger partial charge in [0.2, 0.25) is 0 Å². The molecule has 0 radical (unpaired) electrons. The molecule has 0 aliphatic heterocycles. The molecule has 1 aromatic carbocycles. The van der Waals surface area contributed by atoms with Gasteiger partial charge in [0.15, 0.2) is 0 Å². The fourth-order valence-electron chi connectivity index (χ4n) is 3.98. The molecule has 34 heavy (non-hydrogen) atoms. The van der Waals surface area contributed by atoms with Crippen LogP contribution < -0.4 is 10.3 Å². The van der Waals surface area contributed by atoms with Gasteiger partial charge in [-0.1, -0.05) is 23.7 Å². The maximum absolute atomic E-state index is 12.1. The summed E-state index contributed by atoms with van der Waals surface area (Å²) in [6.45, 7) is 6.00. The summed E-state index contributed by atoms with van der Waals surface area (Å²) in [6, 6.07) is 11.0. The number of pyridine rings is 2. The summed E-state index contributed by atoms with van der Waals surface area (Å²) in [6.07, 6.45) is 3.40. The fraction of sp³-hybridized carbons (Fsp3) is 0.200. The van der Waals surface area contributed by atoms with E-state index < -0.39 is 0 Å². The van der Waals surface area contributed by atoms with Crippen molar-refractivity contribution in [2.45, 2.75) is 33.9 Å². The first-order chi connectivity index (χ1) is 16.4. The number of ether oxygens (including phenoxy) is 1. The smallest absolute Gasteiger partial charge is 0.283 e. The van der Waals surface area contributed by atoms with E-state index in [0.29, 0.717) is 27.8 Å². The molecule has 0 atom stereocenters. The van der Waals surface area contributed by atoms with Crippen molar-refractivity contribution in [3.63, 3.8) is 0 Å². The standard InChI is InChI=1S/C25H22ClN5O3/c1-14-11-28-30-24(14)18-9-15(2)29-25-17(18)5-4-6-22(25)33-13-19-20(26)7-8-27-21(19)12-31-23(32)10-16(3)34-31/h4-11H,12-13H2,1-3H3,(H,28,30). The third-order valence-corrected chi connectivity index (χ3v) is 5.96. The van der Waals surface area contributed by atoms with Crippen LogP contribution in [0.3, 0.4) is 0 Å². The molecule has 0 saturated heterocycles. The van der Waals surface area contributed by atoms with E-state index >= 15 is 0 Å². The number of halogens is 1.